The lowest BCUT2D eigenvalue weighted by Crippen LogP contribution is -2.27. The monoisotopic (exact) mass is 468 g/mol. The van der Waals surface area contributed by atoms with E-state index in [4.69, 9.17) is 0 Å². The fourth-order valence-electron chi connectivity index (χ4n) is 3.21. The van der Waals surface area contributed by atoms with E-state index in [0.717, 1.165) is 29.5 Å². The minimum absolute atomic E-state index is 0.0213. The molecule has 33 heavy (non-hydrogen) atoms. The molecule has 0 saturated heterocycles. The van der Waals surface area contributed by atoms with E-state index in [-0.39, 0.29) is 23.2 Å². The third-order valence-electron chi connectivity index (χ3n) is 4.90. The van der Waals surface area contributed by atoms with Crippen molar-refractivity contribution in [1.82, 2.24) is 19.7 Å². The number of benzene rings is 3. The molecule has 5 nitrogen and oxygen atoms in total. The van der Waals surface area contributed by atoms with Crippen LogP contribution in [0.5, 0.6) is 0 Å². The maximum atomic E-state index is 14.7. The summed E-state index contributed by atoms with van der Waals surface area (Å²) >= 11 is 1.10. The molecule has 0 aliphatic carbocycles. The van der Waals surface area contributed by atoms with Crippen LogP contribution >= 0.6 is 11.8 Å². The standard InChI is InChI=1S/C24H19F3N4OS/c1-30(14-16-7-9-18(25)10-8-16)22(32)15-33-24-29-28-23(17-5-3-2-4-6-17)31(24)21-12-11-19(26)13-20(21)27/h2-13H,14-15H2,1H3. The van der Waals surface area contributed by atoms with E-state index in [2.05, 4.69) is 10.2 Å². The van der Waals surface area contributed by atoms with Crippen molar-refractivity contribution in [2.24, 2.45) is 0 Å². The van der Waals surface area contributed by atoms with Crippen LogP contribution in [-0.4, -0.2) is 38.4 Å². The summed E-state index contributed by atoms with van der Waals surface area (Å²) in [6.07, 6.45) is 0. The third kappa shape index (κ3) is 5.25. The van der Waals surface area contributed by atoms with Crippen molar-refractivity contribution in [2.75, 3.05) is 12.8 Å². The highest BCUT2D eigenvalue weighted by Crippen LogP contribution is 2.29. The first-order chi connectivity index (χ1) is 15.9. The lowest BCUT2D eigenvalue weighted by molar-refractivity contribution is -0.127. The van der Waals surface area contributed by atoms with E-state index in [1.165, 1.54) is 27.7 Å². The van der Waals surface area contributed by atoms with Crippen molar-refractivity contribution in [1.29, 1.82) is 0 Å². The average Bonchev–Trinajstić information content (AvgIpc) is 3.23. The number of thioether (sulfide) groups is 1. The lowest BCUT2D eigenvalue weighted by atomic mass is 10.2. The first-order valence-electron chi connectivity index (χ1n) is 10.00. The van der Waals surface area contributed by atoms with Gasteiger partial charge in [0, 0.05) is 25.2 Å². The van der Waals surface area contributed by atoms with E-state index in [1.807, 2.05) is 18.2 Å². The van der Waals surface area contributed by atoms with Gasteiger partial charge < -0.3 is 4.90 Å². The van der Waals surface area contributed by atoms with Crippen molar-refractivity contribution in [3.8, 4) is 17.1 Å². The summed E-state index contributed by atoms with van der Waals surface area (Å²) < 4.78 is 42.7. The minimum atomic E-state index is -0.770. The molecule has 0 unspecified atom stereocenters. The average molecular weight is 469 g/mol. The molecular formula is C24H19F3N4OS. The molecule has 0 radical (unpaired) electrons. The van der Waals surface area contributed by atoms with Crippen LogP contribution in [0.2, 0.25) is 0 Å². The molecule has 0 saturated carbocycles. The summed E-state index contributed by atoms with van der Waals surface area (Å²) in [5.74, 6) is -1.61. The first kappa shape index (κ1) is 22.6. The van der Waals surface area contributed by atoms with Gasteiger partial charge in [-0.3, -0.25) is 9.36 Å². The van der Waals surface area contributed by atoms with E-state index in [0.29, 0.717) is 23.1 Å². The Bertz CT molecular complexity index is 1260. The largest absolute Gasteiger partial charge is 0.341 e. The Morgan fingerprint density at radius 2 is 1.64 bits per heavy atom. The second-order valence-electron chi connectivity index (χ2n) is 7.27. The Morgan fingerprint density at radius 3 is 2.33 bits per heavy atom. The van der Waals surface area contributed by atoms with Gasteiger partial charge in [0.05, 0.1) is 11.4 Å². The summed E-state index contributed by atoms with van der Waals surface area (Å²) in [6.45, 7) is 0.314. The van der Waals surface area contributed by atoms with E-state index >= 15 is 0 Å². The highest BCUT2D eigenvalue weighted by molar-refractivity contribution is 7.99. The Hall–Kier alpha value is -3.59. The summed E-state index contributed by atoms with van der Waals surface area (Å²) in [5, 5.41) is 8.65. The van der Waals surface area contributed by atoms with Gasteiger partial charge in [-0.1, -0.05) is 54.2 Å². The maximum absolute atomic E-state index is 14.7. The number of nitrogens with zero attached hydrogens (tertiary/aromatic N) is 4. The van der Waals surface area contributed by atoms with Crippen LogP contribution in [0.4, 0.5) is 13.2 Å². The molecule has 1 heterocycles. The molecule has 0 bridgehead atoms. The molecular weight excluding hydrogens is 449 g/mol. The maximum Gasteiger partial charge on any atom is 0.233 e. The summed E-state index contributed by atoms with van der Waals surface area (Å²) in [7, 11) is 1.64. The second kappa shape index (κ2) is 9.91. The van der Waals surface area contributed by atoms with Gasteiger partial charge in [-0.2, -0.15) is 0 Å². The van der Waals surface area contributed by atoms with E-state index in [9.17, 15) is 18.0 Å². The molecule has 4 aromatic rings. The van der Waals surface area contributed by atoms with Gasteiger partial charge in [-0.15, -0.1) is 10.2 Å². The van der Waals surface area contributed by atoms with Gasteiger partial charge in [0.1, 0.15) is 17.5 Å². The molecule has 0 atom stereocenters. The van der Waals surface area contributed by atoms with Crippen molar-refractivity contribution in [3.63, 3.8) is 0 Å². The minimum Gasteiger partial charge on any atom is -0.341 e. The molecule has 0 aliphatic rings. The van der Waals surface area contributed by atoms with E-state index < -0.39 is 11.6 Å². The molecule has 168 valence electrons. The van der Waals surface area contributed by atoms with Gasteiger partial charge in [-0.25, -0.2) is 13.2 Å². The molecule has 4 rings (SSSR count). The van der Waals surface area contributed by atoms with E-state index in [1.54, 1.807) is 31.3 Å². The van der Waals surface area contributed by atoms with Gasteiger partial charge in [-0.05, 0) is 29.8 Å². The Labute approximate surface area is 192 Å². The Morgan fingerprint density at radius 1 is 0.939 bits per heavy atom. The van der Waals surface area contributed by atoms with Crippen LogP contribution in [0.15, 0.2) is 78.0 Å². The SMILES string of the molecule is CN(Cc1ccc(F)cc1)C(=O)CSc1nnc(-c2ccccc2)n1-c1ccc(F)cc1F. The predicted octanol–water partition coefficient (Wildman–Crippen LogP) is 5.10. The smallest absolute Gasteiger partial charge is 0.233 e. The normalized spacial score (nSPS) is 10.9. The van der Waals surface area contributed by atoms with Crippen LogP contribution in [0, 0.1) is 17.5 Å². The van der Waals surface area contributed by atoms with Crippen molar-refractivity contribution >= 4 is 17.7 Å². The number of hydrogen-bond donors (Lipinski definition) is 0. The highest BCUT2D eigenvalue weighted by atomic mass is 32.2. The zero-order valence-corrected chi connectivity index (χ0v) is 18.4. The second-order valence-corrected chi connectivity index (χ2v) is 8.21. The number of rotatable bonds is 7. The van der Waals surface area contributed by atoms with Crippen LogP contribution in [0.25, 0.3) is 17.1 Å². The zero-order valence-electron chi connectivity index (χ0n) is 17.6. The fourth-order valence-corrected chi connectivity index (χ4v) is 4.09. The Balaban J connectivity index is 1.58. The molecule has 0 fully saturated rings. The molecule has 0 spiro atoms. The summed E-state index contributed by atoms with van der Waals surface area (Å²) in [6, 6.07) is 18.3. The first-order valence-corrected chi connectivity index (χ1v) is 11.0. The van der Waals surface area contributed by atoms with Gasteiger partial charge >= 0.3 is 0 Å². The number of carbonyl (C=O) groups excluding carboxylic acids is 1. The molecule has 3 aromatic carbocycles. The fraction of sp³-hybridized carbons (Fsp3) is 0.125. The van der Waals surface area contributed by atoms with Crippen molar-refractivity contribution in [2.45, 2.75) is 11.7 Å². The van der Waals surface area contributed by atoms with Gasteiger partial charge in [0.2, 0.25) is 5.91 Å². The van der Waals surface area contributed by atoms with Crippen LogP contribution in [0.1, 0.15) is 5.56 Å². The van der Waals surface area contributed by atoms with Crippen molar-refractivity contribution in [3.05, 3.63) is 95.8 Å². The molecule has 1 aromatic heterocycles. The molecule has 0 N–H and O–H groups in total. The lowest BCUT2D eigenvalue weighted by Gasteiger charge is -2.17. The van der Waals surface area contributed by atoms with Crippen molar-refractivity contribution < 1.29 is 18.0 Å². The summed E-state index contributed by atoms with van der Waals surface area (Å²) in [5.41, 5.74) is 1.57. The zero-order chi connectivity index (χ0) is 23.4. The van der Waals surface area contributed by atoms with Crippen LogP contribution < -0.4 is 0 Å². The molecule has 0 aliphatic heterocycles. The quantitative estimate of drug-likeness (QED) is 0.354. The van der Waals surface area contributed by atoms with Crippen LogP contribution in [-0.2, 0) is 11.3 Å². The van der Waals surface area contributed by atoms with Crippen LogP contribution in [0.3, 0.4) is 0 Å². The van der Waals surface area contributed by atoms with Gasteiger partial charge in [0.25, 0.3) is 0 Å². The Kier molecular flexibility index (Phi) is 6.79. The third-order valence-corrected chi connectivity index (χ3v) is 5.81. The number of carbonyl (C=O) groups is 1. The highest BCUT2D eigenvalue weighted by Gasteiger charge is 2.20. The number of halogens is 3. The number of hydrogen-bond acceptors (Lipinski definition) is 4. The molecule has 9 heteroatoms. The topological polar surface area (TPSA) is 51.0 Å². The predicted molar refractivity (Wildman–Crippen MR) is 120 cm³/mol. The number of aromatic nitrogens is 3. The van der Waals surface area contributed by atoms with Gasteiger partial charge in [0.15, 0.2) is 11.0 Å². The summed E-state index contributed by atoms with van der Waals surface area (Å²) in [4.78, 5) is 14.2. The number of amides is 1. The molecule has 1 amide bonds.